The number of hydrogen-bond acceptors (Lipinski definition) is 2. The number of hydrazone groups is 1. The average Bonchev–Trinajstić information content (AvgIpc) is 2.49. The second kappa shape index (κ2) is 5.45. The summed E-state index contributed by atoms with van der Waals surface area (Å²) in [6.45, 7) is 0. The molecule has 1 heterocycles. The van der Waals surface area contributed by atoms with Gasteiger partial charge in [-0.05, 0) is 42.7 Å². The Morgan fingerprint density at radius 1 is 1.00 bits per heavy atom. The zero-order chi connectivity index (χ0) is 13.1. The molecule has 0 saturated heterocycles. The van der Waals surface area contributed by atoms with Crippen LogP contribution in [0.2, 0.25) is 5.02 Å². The number of halogens is 1. The Hall–Kier alpha value is -1.80. The SMILES string of the molecule is Clc1ccc(N2N=CCCC2c2ccccc2)cc1. The molecule has 2 aromatic rings. The van der Waals surface area contributed by atoms with E-state index in [0.717, 1.165) is 23.6 Å². The Labute approximate surface area is 118 Å². The summed E-state index contributed by atoms with van der Waals surface area (Å²) in [6.07, 6.45) is 4.08. The molecule has 3 rings (SSSR count). The summed E-state index contributed by atoms with van der Waals surface area (Å²) in [5.41, 5.74) is 2.38. The Kier molecular flexibility index (Phi) is 3.51. The third kappa shape index (κ3) is 2.64. The van der Waals surface area contributed by atoms with Crippen LogP contribution in [0.25, 0.3) is 0 Å². The highest BCUT2D eigenvalue weighted by atomic mass is 35.5. The van der Waals surface area contributed by atoms with Crippen molar-refractivity contribution < 1.29 is 0 Å². The molecule has 0 saturated carbocycles. The smallest absolute Gasteiger partial charge is 0.0778 e. The van der Waals surface area contributed by atoms with Crippen molar-refractivity contribution in [3.63, 3.8) is 0 Å². The molecule has 0 aliphatic carbocycles. The molecule has 0 amide bonds. The van der Waals surface area contributed by atoms with Crippen LogP contribution in [0.15, 0.2) is 59.7 Å². The lowest BCUT2D eigenvalue weighted by molar-refractivity contribution is 0.584. The normalized spacial score (nSPS) is 18.6. The van der Waals surface area contributed by atoms with E-state index in [-0.39, 0.29) is 0 Å². The fourth-order valence-corrected chi connectivity index (χ4v) is 2.53. The molecular weight excluding hydrogens is 256 g/mol. The van der Waals surface area contributed by atoms with Crippen molar-refractivity contribution in [2.45, 2.75) is 18.9 Å². The first kappa shape index (κ1) is 12.2. The van der Waals surface area contributed by atoms with Crippen LogP contribution in [0.4, 0.5) is 5.69 Å². The van der Waals surface area contributed by atoms with Crippen molar-refractivity contribution in [2.24, 2.45) is 5.10 Å². The van der Waals surface area contributed by atoms with E-state index in [4.69, 9.17) is 11.6 Å². The van der Waals surface area contributed by atoms with Crippen LogP contribution in [0.1, 0.15) is 24.4 Å². The van der Waals surface area contributed by atoms with Gasteiger partial charge in [0.15, 0.2) is 0 Å². The molecule has 0 aromatic heterocycles. The van der Waals surface area contributed by atoms with Gasteiger partial charge in [0, 0.05) is 11.2 Å². The average molecular weight is 271 g/mol. The van der Waals surface area contributed by atoms with Crippen molar-refractivity contribution in [1.29, 1.82) is 0 Å². The Bertz CT molecular complexity index is 563. The van der Waals surface area contributed by atoms with Crippen LogP contribution in [0.3, 0.4) is 0 Å². The third-order valence-corrected chi connectivity index (χ3v) is 3.60. The molecular formula is C16H15ClN2. The van der Waals surface area contributed by atoms with Gasteiger partial charge in [-0.1, -0.05) is 41.9 Å². The van der Waals surface area contributed by atoms with Gasteiger partial charge in [0.05, 0.1) is 11.7 Å². The standard InChI is InChI=1S/C16H15ClN2/c17-14-8-10-15(11-9-14)19-16(7-4-12-18-19)13-5-2-1-3-6-13/h1-3,5-6,8-12,16H,4,7H2. The van der Waals surface area contributed by atoms with E-state index in [1.54, 1.807) is 0 Å². The van der Waals surface area contributed by atoms with E-state index >= 15 is 0 Å². The maximum atomic E-state index is 5.95. The molecule has 1 aliphatic rings. The van der Waals surface area contributed by atoms with Gasteiger partial charge in [0.2, 0.25) is 0 Å². The molecule has 19 heavy (non-hydrogen) atoms. The Balaban J connectivity index is 1.95. The van der Waals surface area contributed by atoms with Crippen LogP contribution in [-0.2, 0) is 0 Å². The first-order valence-electron chi connectivity index (χ1n) is 6.47. The molecule has 3 heteroatoms. The summed E-state index contributed by atoms with van der Waals surface area (Å²) in [5, 5.41) is 7.38. The molecule has 1 atom stereocenters. The monoisotopic (exact) mass is 270 g/mol. The second-order valence-corrected chi connectivity index (χ2v) is 5.06. The van der Waals surface area contributed by atoms with Crippen LogP contribution < -0.4 is 5.01 Å². The highest BCUT2D eigenvalue weighted by Crippen LogP contribution is 2.33. The van der Waals surface area contributed by atoms with Crippen molar-refractivity contribution >= 4 is 23.5 Å². The molecule has 0 bridgehead atoms. The van der Waals surface area contributed by atoms with Crippen LogP contribution in [-0.4, -0.2) is 6.21 Å². The second-order valence-electron chi connectivity index (χ2n) is 4.62. The van der Waals surface area contributed by atoms with E-state index in [2.05, 4.69) is 34.4 Å². The van der Waals surface area contributed by atoms with Gasteiger partial charge in [0.1, 0.15) is 0 Å². The van der Waals surface area contributed by atoms with E-state index in [1.807, 2.05) is 36.5 Å². The lowest BCUT2D eigenvalue weighted by Gasteiger charge is -2.32. The predicted octanol–water partition coefficient (Wildman–Crippen LogP) is 4.67. The van der Waals surface area contributed by atoms with E-state index in [0.29, 0.717) is 6.04 Å². The first-order valence-corrected chi connectivity index (χ1v) is 6.84. The van der Waals surface area contributed by atoms with Crippen LogP contribution in [0, 0.1) is 0 Å². The van der Waals surface area contributed by atoms with Crippen molar-refractivity contribution in [3.05, 3.63) is 65.2 Å². The minimum atomic E-state index is 0.298. The molecule has 0 N–H and O–H groups in total. The minimum Gasteiger partial charge on any atom is -0.258 e. The molecule has 0 fully saturated rings. The van der Waals surface area contributed by atoms with Gasteiger partial charge < -0.3 is 0 Å². The number of benzene rings is 2. The minimum absolute atomic E-state index is 0.298. The maximum Gasteiger partial charge on any atom is 0.0778 e. The zero-order valence-corrected chi connectivity index (χ0v) is 11.3. The fourth-order valence-electron chi connectivity index (χ4n) is 2.40. The number of hydrogen-bond donors (Lipinski definition) is 0. The number of nitrogens with zero attached hydrogens (tertiary/aromatic N) is 2. The molecule has 2 nitrogen and oxygen atoms in total. The highest BCUT2D eigenvalue weighted by Gasteiger charge is 2.22. The molecule has 0 spiro atoms. The van der Waals surface area contributed by atoms with E-state index in [1.165, 1.54) is 5.56 Å². The zero-order valence-electron chi connectivity index (χ0n) is 10.5. The third-order valence-electron chi connectivity index (χ3n) is 3.35. The fraction of sp³-hybridized carbons (Fsp3) is 0.188. The van der Waals surface area contributed by atoms with Crippen molar-refractivity contribution in [3.8, 4) is 0 Å². The van der Waals surface area contributed by atoms with E-state index in [9.17, 15) is 0 Å². The summed E-state index contributed by atoms with van der Waals surface area (Å²) >= 11 is 5.95. The van der Waals surface area contributed by atoms with Crippen molar-refractivity contribution in [1.82, 2.24) is 0 Å². The lowest BCUT2D eigenvalue weighted by atomic mass is 10.00. The summed E-state index contributed by atoms with van der Waals surface area (Å²) in [7, 11) is 0. The van der Waals surface area contributed by atoms with Gasteiger partial charge in [-0.25, -0.2) is 0 Å². The molecule has 1 unspecified atom stereocenters. The maximum absolute atomic E-state index is 5.95. The molecule has 0 radical (unpaired) electrons. The quantitative estimate of drug-likeness (QED) is 0.774. The van der Waals surface area contributed by atoms with Crippen LogP contribution >= 0.6 is 11.6 Å². The molecule has 96 valence electrons. The van der Waals surface area contributed by atoms with Gasteiger partial charge in [-0.3, -0.25) is 5.01 Å². The number of rotatable bonds is 2. The summed E-state index contributed by atoms with van der Waals surface area (Å²) < 4.78 is 0. The largest absolute Gasteiger partial charge is 0.258 e. The number of anilines is 1. The Morgan fingerprint density at radius 2 is 1.74 bits per heavy atom. The first-order chi connectivity index (χ1) is 9.34. The van der Waals surface area contributed by atoms with E-state index < -0.39 is 0 Å². The summed E-state index contributed by atoms with van der Waals surface area (Å²) in [4.78, 5) is 0. The van der Waals surface area contributed by atoms with Gasteiger partial charge >= 0.3 is 0 Å². The summed E-state index contributed by atoms with van der Waals surface area (Å²) in [6, 6.07) is 18.7. The van der Waals surface area contributed by atoms with Gasteiger partial charge in [-0.2, -0.15) is 5.10 Å². The Morgan fingerprint density at radius 3 is 2.47 bits per heavy atom. The lowest BCUT2D eigenvalue weighted by Crippen LogP contribution is -2.26. The molecule has 1 aliphatic heterocycles. The van der Waals surface area contributed by atoms with Crippen LogP contribution in [0.5, 0.6) is 0 Å². The van der Waals surface area contributed by atoms with Gasteiger partial charge in [-0.15, -0.1) is 0 Å². The highest BCUT2D eigenvalue weighted by molar-refractivity contribution is 6.30. The topological polar surface area (TPSA) is 15.6 Å². The molecule has 2 aromatic carbocycles. The predicted molar refractivity (Wildman–Crippen MR) is 80.8 cm³/mol. The van der Waals surface area contributed by atoms with Gasteiger partial charge in [0.25, 0.3) is 0 Å². The van der Waals surface area contributed by atoms with Crippen molar-refractivity contribution in [2.75, 3.05) is 5.01 Å². The summed E-state index contributed by atoms with van der Waals surface area (Å²) in [5.74, 6) is 0.